The van der Waals surface area contributed by atoms with E-state index in [4.69, 9.17) is 4.74 Å². The van der Waals surface area contributed by atoms with Crippen molar-refractivity contribution in [3.63, 3.8) is 0 Å². The molecule has 218 valence electrons. The van der Waals surface area contributed by atoms with Crippen LogP contribution in [0.25, 0.3) is 21.6 Å². The quantitative estimate of drug-likeness (QED) is 0.138. The lowest BCUT2D eigenvalue weighted by Gasteiger charge is -2.27. The largest absolute Gasteiger partial charge is 0.365 e. The van der Waals surface area contributed by atoms with Crippen molar-refractivity contribution >= 4 is 56.3 Å². The summed E-state index contributed by atoms with van der Waals surface area (Å²) in [6.45, 7) is 7.87. The Kier molecular flexibility index (Phi) is 9.15. The molecule has 0 aliphatic heterocycles. The fraction of sp³-hybridized carbons (Fsp3) is 0.583. The van der Waals surface area contributed by atoms with Crippen LogP contribution in [0.15, 0.2) is 21.5 Å². The molecule has 3 aromatic rings. The second-order valence-corrected chi connectivity index (χ2v) is 20.6. The number of nitriles is 1. The molecule has 0 unspecified atom stereocenters. The number of hydrogen-bond donors (Lipinski definition) is 0. The van der Waals surface area contributed by atoms with Crippen LogP contribution in [-0.4, -0.2) is 85.2 Å². The van der Waals surface area contributed by atoms with Crippen LogP contribution < -0.4 is 0 Å². The molecular weight excluding hydrogens is 644 g/mol. The number of halogens is 3. The monoisotopic (exact) mass is 675 g/mol. The zero-order valence-corrected chi connectivity index (χ0v) is 27.2. The van der Waals surface area contributed by atoms with Gasteiger partial charge in [0.1, 0.15) is 18.0 Å². The number of rotatable bonds is 13. The van der Waals surface area contributed by atoms with Gasteiger partial charge in [0.05, 0.1) is 23.0 Å². The molecule has 1 aromatic carbocycles. The Balaban J connectivity index is 1.80. The summed E-state index contributed by atoms with van der Waals surface area (Å²) < 4.78 is 63.8. The number of hydrogen-bond acceptors (Lipinski definition) is 9. The smallest absolute Gasteiger partial charge is 0.291 e. The maximum Gasteiger partial charge on any atom is 0.291 e. The fourth-order valence-electron chi connectivity index (χ4n) is 4.03. The lowest BCUT2D eigenvalue weighted by atomic mass is 10.2. The highest BCUT2D eigenvalue weighted by atomic mass is 79.9. The van der Waals surface area contributed by atoms with Gasteiger partial charge in [-0.2, -0.15) is 14.7 Å². The van der Waals surface area contributed by atoms with Crippen molar-refractivity contribution in [2.75, 3.05) is 34.0 Å². The Morgan fingerprint density at radius 3 is 2.52 bits per heavy atom. The summed E-state index contributed by atoms with van der Waals surface area (Å²) in [5, 5.41) is 22.2. The Morgan fingerprint density at radius 2 is 1.98 bits per heavy atom. The van der Waals surface area contributed by atoms with Crippen LogP contribution >= 0.6 is 27.3 Å². The van der Waals surface area contributed by atoms with Crippen LogP contribution in [0.1, 0.15) is 24.3 Å². The SMILES string of the molecule is CN(C)CCn1nc(-c2nnc(C(F)F)s2)c2cc(S(=O)(=O)N(COCC[Si](C)(C)C)C3(C#N)CC3)cc(Br)c21. The first-order valence-electron chi connectivity index (χ1n) is 12.7. The summed E-state index contributed by atoms with van der Waals surface area (Å²) in [5.41, 5.74) is -0.303. The molecule has 1 aliphatic rings. The minimum Gasteiger partial charge on any atom is -0.365 e. The first kappa shape index (κ1) is 31.1. The van der Waals surface area contributed by atoms with E-state index in [9.17, 15) is 22.5 Å². The van der Waals surface area contributed by atoms with Gasteiger partial charge in [-0.25, -0.2) is 17.2 Å². The first-order valence-corrected chi connectivity index (χ1v) is 19.4. The number of aromatic nitrogens is 4. The third-order valence-corrected chi connectivity index (χ3v) is 11.7. The minimum absolute atomic E-state index is 0.0609. The molecule has 1 fully saturated rings. The predicted molar refractivity (Wildman–Crippen MR) is 155 cm³/mol. The second kappa shape index (κ2) is 11.8. The van der Waals surface area contributed by atoms with Crippen LogP contribution in [0.3, 0.4) is 0 Å². The molecule has 0 atom stereocenters. The molecule has 10 nitrogen and oxygen atoms in total. The highest BCUT2D eigenvalue weighted by Crippen LogP contribution is 2.45. The van der Waals surface area contributed by atoms with E-state index in [0.717, 1.165) is 10.3 Å². The Labute approximate surface area is 246 Å². The van der Waals surface area contributed by atoms with Crippen molar-refractivity contribution < 1.29 is 21.9 Å². The maximum atomic E-state index is 14.1. The van der Waals surface area contributed by atoms with Gasteiger partial charge in [0.25, 0.3) is 6.43 Å². The molecule has 2 heterocycles. The Hall–Kier alpha value is -1.87. The molecule has 0 saturated heterocycles. The van der Waals surface area contributed by atoms with Crippen LogP contribution in [0.2, 0.25) is 25.7 Å². The minimum atomic E-state index is -4.19. The lowest BCUT2D eigenvalue weighted by Crippen LogP contribution is -2.43. The highest BCUT2D eigenvalue weighted by molar-refractivity contribution is 9.10. The average molecular weight is 677 g/mol. The van der Waals surface area contributed by atoms with Gasteiger partial charge >= 0.3 is 0 Å². The summed E-state index contributed by atoms with van der Waals surface area (Å²) in [5.74, 6) is 0. The van der Waals surface area contributed by atoms with Crippen molar-refractivity contribution in [1.29, 1.82) is 5.26 Å². The molecule has 0 radical (unpaired) electrons. The molecule has 40 heavy (non-hydrogen) atoms. The number of ether oxygens (including phenoxy) is 1. The zero-order valence-electron chi connectivity index (χ0n) is 23.0. The number of alkyl halides is 2. The maximum absolute atomic E-state index is 14.1. The Morgan fingerprint density at radius 1 is 1.27 bits per heavy atom. The molecule has 0 amide bonds. The van der Waals surface area contributed by atoms with E-state index in [1.54, 1.807) is 4.68 Å². The normalized spacial score (nSPS) is 15.4. The lowest BCUT2D eigenvalue weighted by molar-refractivity contribution is 0.0660. The number of likely N-dealkylation sites (N-methyl/N-ethyl adjacent to an activating group) is 1. The number of sulfonamides is 1. The first-order chi connectivity index (χ1) is 18.7. The topological polar surface area (TPSA) is 117 Å². The van der Waals surface area contributed by atoms with Crippen LogP contribution in [-0.2, 0) is 21.3 Å². The second-order valence-electron chi connectivity index (χ2n) is 11.3. The van der Waals surface area contributed by atoms with Crippen LogP contribution in [0, 0.1) is 11.3 Å². The van der Waals surface area contributed by atoms with Gasteiger partial charge in [-0.1, -0.05) is 31.0 Å². The van der Waals surface area contributed by atoms with Gasteiger partial charge < -0.3 is 9.64 Å². The van der Waals surface area contributed by atoms with Crippen molar-refractivity contribution in [1.82, 2.24) is 29.2 Å². The summed E-state index contributed by atoms with van der Waals surface area (Å²) >= 11 is 4.24. The molecule has 1 saturated carbocycles. The average Bonchev–Trinajstić information content (AvgIpc) is 3.31. The van der Waals surface area contributed by atoms with E-state index in [1.807, 2.05) is 19.0 Å². The fourth-order valence-corrected chi connectivity index (χ4v) is 7.99. The summed E-state index contributed by atoms with van der Waals surface area (Å²) in [4.78, 5) is 1.91. The molecule has 1 aliphatic carbocycles. The molecule has 0 bridgehead atoms. The summed E-state index contributed by atoms with van der Waals surface area (Å²) in [7, 11) is -1.77. The van der Waals surface area contributed by atoms with Gasteiger partial charge in [0, 0.05) is 31.1 Å². The van der Waals surface area contributed by atoms with Crippen molar-refractivity contribution in [2.45, 2.75) is 61.9 Å². The zero-order chi connectivity index (χ0) is 29.5. The van der Waals surface area contributed by atoms with E-state index in [0.29, 0.717) is 59.3 Å². The van der Waals surface area contributed by atoms with Gasteiger partial charge in [-0.05, 0) is 61.0 Å². The van der Waals surface area contributed by atoms with E-state index in [1.165, 1.54) is 12.1 Å². The van der Waals surface area contributed by atoms with Gasteiger partial charge in [0.15, 0.2) is 10.0 Å². The van der Waals surface area contributed by atoms with Crippen molar-refractivity contribution in [3.8, 4) is 16.8 Å². The molecule has 4 rings (SSSR count). The van der Waals surface area contributed by atoms with Gasteiger partial charge in [-0.3, -0.25) is 4.68 Å². The third-order valence-electron chi connectivity index (χ3n) is 6.56. The van der Waals surface area contributed by atoms with E-state index >= 15 is 0 Å². The molecule has 2 aromatic heterocycles. The van der Waals surface area contributed by atoms with Gasteiger partial charge in [-0.15, -0.1) is 10.2 Å². The molecule has 0 spiro atoms. The number of nitrogens with zero attached hydrogens (tertiary/aromatic N) is 7. The van der Waals surface area contributed by atoms with E-state index in [-0.39, 0.29) is 22.3 Å². The molecular formula is C24H32BrF2N7O3S2Si. The number of fused-ring (bicyclic) bond motifs is 1. The predicted octanol–water partition coefficient (Wildman–Crippen LogP) is 5.18. The van der Waals surface area contributed by atoms with E-state index in [2.05, 4.69) is 56.9 Å². The van der Waals surface area contributed by atoms with Crippen LogP contribution in [0.4, 0.5) is 8.78 Å². The molecule has 16 heteroatoms. The third kappa shape index (κ3) is 6.61. The highest BCUT2D eigenvalue weighted by Gasteiger charge is 2.54. The summed E-state index contributed by atoms with van der Waals surface area (Å²) in [6, 6.07) is 5.99. The van der Waals surface area contributed by atoms with E-state index < -0.39 is 35.1 Å². The van der Waals surface area contributed by atoms with Gasteiger partial charge in [0.2, 0.25) is 10.0 Å². The standard InChI is InChI=1S/C24H32BrF2N7O3S2Si/c1-32(2)8-9-33-20-17(19(31-33)22-29-30-23(38-22)21(26)27)12-16(13-18(20)25)39(35,36)34(24(14-28)6-7-24)15-37-10-11-40(3,4)5/h12-13,21H,6-11,15H2,1-5H3. The summed E-state index contributed by atoms with van der Waals surface area (Å²) in [6.07, 6.45) is -1.96. The van der Waals surface area contributed by atoms with Crippen LogP contribution in [0.5, 0.6) is 0 Å². The van der Waals surface area contributed by atoms with Crippen molar-refractivity contribution in [3.05, 3.63) is 21.6 Å². The van der Waals surface area contributed by atoms with Crippen molar-refractivity contribution in [2.24, 2.45) is 0 Å². The number of benzene rings is 1. The Bertz CT molecular complexity index is 1530. The molecule has 0 N–H and O–H groups in total.